The summed E-state index contributed by atoms with van der Waals surface area (Å²) < 4.78 is 4.83. The highest BCUT2D eigenvalue weighted by atomic mass is 16.5. The van der Waals surface area contributed by atoms with E-state index in [4.69, 9.17) is 4.74 Å². The van der Waals surface area contributed by atoms with Crippen LogP contribution in [-0.2, 0) is 11.2 Å². The van der Waals surface area contributed by atoms with Crippen LogP contribution in [0.15, 0.2) is 35.5 Å². The lowest BCUT2D eigenvalue weighted by molar-refractivity contribution is 0.162. The second kappa shape index (κ2) is 7.22. The van der Waals surface area contributed by atoms with Crippen molar-refractivity contribution in [2.45, 2.75) is 34.1 Å². The van der Waals surface area contributed by atoms with E-state index < -0.39 is 0 Å². The molecule has 0 saturated carbocycles. The summed E-state index contributed by atoms with van der Waals surface area (Å²) in [6.07, 6.45) is 1.10. The molecular formula is C16H25NO. The van der Waals surface area contributed by atoms with Crippen LogP contribution in [0.3, 0.4) is 0 Å². The number of fused-ring (bicyclic) bond motifs is 1. The summed E-state index contributed by atoms with van der Waals surface area (Å²) in [6, 6.07) is 8.61. The standard InChI is InChI=1S/C12H15N.C4H10O/c1-9-8-11-6-4-5-7-12(11)13(3)10(9)2;1-3-5-4-2/h4-7H,8H2,1-3H3;3-4H2,1-2H3. The average Bonchev–Trinajstić information content (AvgIpc) is 2.38. The van der Waals surface area contributed by atoms with E-state index in [-0.39, 0.29) is 0 Å². The van der Waals surface area contributed by atoms with E-state index in [0.29, 0.717) is 0 Å². The zero-order valence-corrected chi connectivity index (χ0v) is 12.3. The summed E-state index contributed by atoms with van der Waals surface area (Å²) in [4.78, 5) is 2.27. The van der Waals surface area contributed by atoms with Gasteiger partial charge >= 0.3 is 0 Å². The van der Waals surface area contributed by atoms with Crippen LogP contribution in [0.5, 0.6) is 0 Å². The SMILES string of the molecule is CC1=C(C)N(C)c2ccccc2C1.CCOCC. The molecule has 0 radical (unpaired) electrons. The zero-order chi connectivity index (χ0) is 13.5. The Morgan fingerprint density at radius 1 is 1.11 bits per heavy atom. The van der Waals surface area contributed by atoms with Crippen LogP contribution in [0, 0.1) is 0 Å². The molecule has 18 heavy (non-hydrogen) atoms. The molecule has 0 aliphatic carbocycles. The van der Waals surface area contributed by atoms with Gasteiger partial charge in [-0.1, -0.05) is 18.2 Å². The molecule has 1 aromatic carbocycles. The third-order valence-corrected chi connectivity index (χ3v) is 3.34. The molecule has 0 bridgehead atoms. The highest BCUT2D eigenvalue weighted by Crippen LogP contribution is 2.30. The number of hydrogen-bond donors (Lipinski definition) is 0. The Labute approximate surface area is 111 Å². The molecule has 0 spiro atoms. The predicted octanol–water partition coefficient (Wildman–Crippen LogP) is 4.02. The average molecular weight is 247 g/mol. The van der Waals surface area contributed by atoms with Crippen molar-refractivity contribution < 1.29 is 4.74 Å². The number of ether oxygens (including phenoxy) is 1. The minimum Gasteiger partial charge on any atom is -0.382 e. The summed E-state index contributed by atoms with van der Waals surface area (Å²) in [5.74, 6) is 0. The van der Waals surface area contributed by atoms with E-state index in [1.165, 1.54) is 22.5 Å². The van der Waals surface area contributed by atoms with Gasteiger partial charge in [0.15, 0.2) is 0 Å². The fourth-order valence-electron chi connectivity index (χ4n) is 2.07. The number of para-hydroxylation sites is 1. The van der Waals surface area contributed by atoms with Gasteiger partial charge in [0.25, 0.3) is 0 Å². The Morgan fingerprint density at radius 2 is 1.72 bits per heavy atom. The molecule has 1 aliphatic rings. The van der Waals surface area contributed by atoms with Crippen molar-refractivity contribution in [3.63, 3.8) is 0 Å². The first-order valence-electron chi connectivity index (χ1n) is 6.67. The molecule has 1 aromatic rings. The number of rotatable bonds is 2. The summed E-state index contributed by atoms with van der Waals surface area (Å²) >= 11 is 0. The molecule has 2 nitrogen and oxygen atoms in total. The zero-order valence-electron chi connectivity index (χ0n) is 12.3. The molecular weight excluding hydrogens is 222 g/mol. The highest BCUT2D eigenvalue weighted by Gasteiger charge is 2.15. The number of anilines is 1. The molecule has 2 heteroatoms. The van der Waals surface area contributed by atoms with Crippen molar-refractivity contribution in [1.82, 2.24) is 0 Å². The molecule has 0 aromatic heterocycles. The van der Waals surface area contributed by atoms with Crippen molar-refractivity contribution in [2.75, 3.05) is 25.2 Å². The predicted molar refractivity (Wildman–Crippen MR) is 79.1 cm³/mol. The van der Waals surface area contributed by atoms with Crippen LogP contribution in [0.4, 0.5) is 5.69 Å². The monoisotopic (exact) mass is 247 g/mol. The van der Waals surface area contributed by atoms with E-state index in [1.54, 1.807) is 0 Å². The van der Waals surface area contributed by atoms with Gasteiger partial charge in [0.1, 0.15) is 0 Å². The van der Waals surface area contributed by atoms with Crippen molar-refractivity contribution in [2.24, 2.45) is 0 Å². The number of benzene rings is 1. The van der Waals surface area contributed by atoms with Crippen LogP contribution in [0.1, 0.15) is 33.3 Å². The molecule has 1 heterocycles. The van der Waals surface area contributed by atoms with Gasteiger partial charge in [0.05, 0.1) is 0 Å². The lowest BCUT2D eigenvalue weighted by Gasteiger charge is -2.29. The second-order valence-electron chi connectivity index (χ2n) is 4.51. The molecule has 0 N–H and O–H groups in total. The largest absolute Gasteiger partial charge is 0.382 e. The van der Waals surface area contributed by atoms with Crippen LogP contribution in [0.2, 0.25) is 0 Å². The Morgan fingerprint density at radius 3 is 2.28 bits per heavy atom. The maximum Gasteiger partial charge on any atom is 0.0441 e. The first-order valence-corrected chi connectivity index (χ1v) is 6.67. The van der Waals surface area contributed by atoms with Gasteiger partial charge in [-0.05, 0) is 51.3 Å². The third kappa shape index (κ3) is 3.61. The molecule has 1 aliphatic heterocycles. The first-order chi connectivity index (χ1) is 8.61. The molecule has 0 saturated heterocycles. The molecule has 2 rings (SSSR count). The van der Waals surface area contributed by atoms with Gasteiger partial charge in [0, 0.05) is 31.6 Å². The second-order valence-corrected chi connectivity index (χ2v) is 4.51. The van der Waals surface area contributed by atoms with Crippen molar-refractivity contribution in [3.8, 4) is 0 Å². The fourth-order valence-corrected chi connectivity index (χ4v) is 2.07. The molecule has 0 atom stereocenters. The lowest BCUT2D eigenvalue weighted by atomic mass is 9.98. The maximum absolute atomic E-state index is 4.83. The van der Waals surface area contributed by atoms with Crippen LogP contribution < -0.4 is 4.90 Å². The van der Waals surface area contributed by atoms with E-state index in [0.717, 1.165) is 19.6 Å². The van der Waals surface area contributed by atoms with E-state index in [9.17, 15) is 0 Å². The van der Waals surface area contributed by atoms with E-state index in [1.807, 2.05) is 13.8 Å². The van der Waals surface area contributed by atoms with Crippen molar-refractivity contribution in [1.29, 1.82) is 0 Å². The Kier molecular flexibility index (Phi) is 5.93. The van der Waals surface area contributed by atoms with Crippen molar-refractivity contribution >= 4 is 5.69 Å². The molecule has 0 fully saturated rings. The van der Waals surface area contributed by atoms with Gasteiger partial charge in [-0.25, -0.2) is 0 Å². The van der Waals surface area contributed by atoms with Gasteiger partial charge in [-0.2, -0.15) is 0 Å². The topological polar surface area (TPSA) is 12.5 Å². The summed E-state index contributed by atoms with van der Waals surface area (Å²) in [5, 5.41) is 0. The van der Waals surface area contributed by atoms with Gasteiger partial charge in [-0.3, -0.25) is 0 Å². The third-order valence-electron chi connectivity index (χ3n) is 3.34. The molecule has 0 amide bonds. The van der Waals surface area contributed by atoms with Crippen molar-refractivity contribution in [3.05, 3.63) is 41.1 Å². The first kappa shape index (κ1) is 14.8. The van der Waals surface area contributed by atoms with E-state index in [2.05, 4.69) is 50.1 Å². The van der Waals surface area contributed by atoms with Gasteiger partial charge < -0.3 is 9.64 Å². The normalized spacial score (nSPS) is 13.9. The number of hydrogen-bond acceptors (Lipinski definition) is 2. The van der Waals surface area contributed by atoms with Crippen LogP contribution in [-0.4, -0.2) is 20.3 Å². The highest BCUT2D eigenvalue weighted by molar-refractivity contribution is 5.61. The van der Waals surface area contributed by atoms with Crippen LogP contribution in [0.25, 0.3) is 0 Å². The minimum absolute atomic E-state index is 0.844. The quantitative estimate of drug-likeness (QED) is 0.782. The fraction of sp³-hybridized carbons (Fsp3) is 0.500. The molecule has 100 valence electrons. The van der Waals surface area contributed by atoms with Gasteiger partial charge in [0.2, 0.25) is 0 Å². The Hall–Kier alpha value is -1.28. The van der Waals surface area contributed by atoms with Gasteiger partial charge in [-0.15, -0.1) is 0 Å². The lowest BCUT2D eigenvalue weighted by Crippen LogP contribution is -2.21. The number of nitrogens with zero attached hydrogens (tertiary/aromatic N) is 1. The molecule has 0 unspecified atom stereocenters. The summed E-state index contributed by atoms with van der Waals surface area (Å²) in [5.41, 5.74) is 5.65. The maximum atomic E-state index is 4.83. The smallest absolute Gasteiger partial charge is 0.0441 e. The Bertz CT molecular complexity index is 407. The summed E-state index contributed by atoms with van der Waals surface area (Å²) in [6.45, 7) is 10.1. The minimum atomic E-state index is 0.844. The summed E-state index contributed by atoms with van der Waals surface area (Å²) in [7, 11) is 2.14. The number of allylic oxidation sites excluding steroid dienone is 2. The van der Waals surface area contributed by atoms with Crippen LogP contribution >= 0.6 is 0 Å². The Balaban J connectivity index is 0.000000280. The van der Waals surface area contributed by atoms with E-state index >= 15 is 0 Å².